The number of hydrogen-bond donors (Lipinski definition) is 3. The smallest absolute Gasteiger partial charge is 0.248 e. The molecule has 9 nitrogen and oxygen atoms in total. The van der Waals surface area contributed by atoms with Crippen molar-refractivity contribution >= 4 is 46.5 Å². The van der Waals surface area contributed by atoms with Gasteiger partial charge in [0.15, 0.2) is 0 Å². The number of aliphatic hydroxyl groups excluding tert-OH is 1. The van der Waals surface area contributed by atoms with Crippen molar-refractivity contribution in [2.24, 2.45) is 23.7 Å². The van der Waals surface area contributed by atoms with Crippen LogP contribution in [0.1, 0.15) is 48.0 Å². The molecule has 1 spiro atoms. The standard InChI is InChI=1S/C34H46N4O5S/c1-7-37(8-2)24-14-10-22(11-15-24)36-32(41)30-34-21(6)18-27(44-34)28(29(34)33(42)38(30)26(19-39)20(4)5)31(40)35-23-12-16-25(17-13-23)43-9-3/h10-17,20-21,26-30,39H,7-9,18-19H2,1-6H3,(H,35,40)(H,36,41)/t21?,26-,27-,28+,29-,30?,34?/m0/s1. The largest absolute Gasteiger partial charge is 0.494 e. The van der Waals surface area contributed by atoms with Gasteiger partial charge in [0.25, 0.3) is 0 Å². The predicted molar refractivity (Wildman–Crippen MR) is 176 cm³/mol. The number of likely N-dealkylation sites (tertiary alicyclic amines) is 1. The zero-order chi connectivity index (χ0) is 31.8. The Morgan fingerprint density at radius 1 is 1.02 bits per heavy atom. The monoisotopic (exact) mass is 622 g/mol. The highest BCUT2D eigenvalue weighted by Crippen LogP contribution is 2.69. The average Bonchev–Trinajstić information content (AvgIpc) is 3.59. The normalized spacial score (nSPS) is 27.8. The molecular formula is C34H46N4O5S. The second-order valence-electron chi connectivity index (χ2n) is 12.4. The Morgan fingerprint density at radius 3 is 2.16 bits per heavy atom. The van der Waals surface area contributed by atoms with E-state index in [1.807, 2.05) is 57.2 Å². The molecule has 2 aromatic carbocycles. The molecule has 3 heterocycles. The number of nitrogens with zero attached hydrogens (tertiary/aromatic N) is 2. The first-order chi connectivity index (χ1) is 21.1. The molecule has 2 bridgehead atoms. The SMILES string of the molecule is CCOc1ccc(NC(=O)[C@@H]2[C@@H]3CC(C)C4(S3)C(C(=O)Nc3ccc(N(CC)CC)cc3)N([C@@H](CO)C(C)C)C(=O)[C@H]24)cc1. The van der Waals surface area contributed by atoms with E-state index in [0.29, 0.717) is 18.0 Å². The third-order valence-corrected chi connectivity index (χ3v) is 11.8. The van der Waals surface area contributed by atoms with Crippen LogP contribution < -0.4 is 20.3 Å². The van der Waals surface area contributed by atoms with Crippen LogP contribution in [0.2, 0.25) is 0 Å². The molecule has 3 N–H and O–H groups in total. The van der Waals surface area contributed by atoms with Crippen LogP contribution in [0.5, 0.6) is 5.75 Å². The van der Waals surface area contributed by atoms with Gasteiger partial charge < -0.3 is 30.3 Å². The Kier molecular flexibility index (Phi) is 9.51. The molecule has 0 radical (unpaired) electrons. The molecule has 3 aliphatic rings. The summed E-state index contributed by atoms with van der Waals surface area (Å²) in [7, 11) is 0. The van der Waals surface area contributed by atoms with Crippen LogP contribution in [0.15, 0.2) is 48.5 Å². The number of ether oxygens (including phenoxy) is 1. The number of fused-ring (bicyclic) bond motifs is 1. The van der Waals surface area contributed by atoms with Gasteiger partial charge in [0.05, 0.1) is 35.8 Å². The number of aliphatic hydroxyl groups is 1. The highest BCUT2D eigenvalue weighted by Gasteiger charge is 2.76. The molecule has 3 unspecified atom stereocenters. The lowest BCUT2D eigenvalue weighted by molar-refractivity contribution is -0.142. The maximum Gasteiger partial charge on any atom is 0.248 e. The summed E-state index contributed by atoms with van der Waals surface area (Å²) in [5, 5.41) is 16.6. The Hall–Kier alpha value is -3.24. The van der Waals surface area contributed by atoms with Crippen LogP contribution in [-0.2, 0) is 14.4 Å². The average molecular weight is 623 g/mol. The number of benzene rings is 2. The van der Waals surface area contributed by atoms with Crippen molar-refractivity contribution in [1.82, 2.24) is 4.90 Å². The molecule has 0 aromatic heterocycles. The molecule has 10 heteroatoms. The first-order valence-electron chi connectivity index (χ1n) is 15.9. The van der Waals surface area contributed by atoms with Crippen molar-refractivity contribution in [2.75, 3.05) is 41.8 Å². The predicted octanol–water partition coefficient (Wildman–Crippen LogP) is 4.86. The van der Waals surface area contributed by atoms with E-state index in [-0.39, 0.29) is 41.4 Å². The fourth-order valence-electron chi connectivity index (χ4n) is 7.62. The van der Waals surface area contributed by atoms with Crippen molar-refractivity contribution in [3.05, 3.63) is 48.5 Å². The van der Waals surface area contributed by atoms with Crippen LogP contribution >= 0.6 is 11.8 Å². The van der Waals surface area contributed by atoms with Gasteiger partial charge in [-0.15, -0.1) is 11.8 Å². The molecule has 5 rings (SSSR count). The van der Waals surface area contributed by atoms with Crippen LogP contribution in [0.3, 0.4) is 0 Å². The van der Waals surface area contributed by atoms with Gasteiger partial charge in [-0.3, -0.25) is 14.4 Å². The second kappa shape index (κ2) is 13.0. The number of nitrogens with one attached hydrogen (secondary N) is 2. The molecule has 3 fully saturated rings. The molecule has 3 amide bonds. The van der Waals surface area contributed by atoms with Crippen molar-refractivity contribution in [3.63, 3.8) is 0 Å². The summed E-state index contributed by atoms with van der Waals surface area (Å²) in [6.45, 7) is 14.2. The third-order valence-electron chi connectivity index (χ3n) is 9.74. The zero-order valence-corrected chi connectivity index (χ0v) is 27.4. The summed E-state index contributed by atoms with van der Waals surface area (Å²) in [4.78, 5) is 46.6. The number of thioether (sulfide) groups is 1. The quantitative estimate of drug-likeness (QED) is 0.310. The van der Waals surface area contributed by atoms with Gasteiger partial charge in [0, 0.05) is 35.4 Å². The van der Waals surface area contributed by atoms with E-state index < -0.39 is 28.7 Å². The topological polar surface area (TPSA) is 111 Å². The van der Waals surface area contributed by atoms with E-state index in [9.17, 15) is 19.5 Å². The van der Waals surface area contributed by atoms with Gasteiger partial charge in [-0.25, -0.2) is 0 Å². The number of rotatable bonds is 12. The summed E-state index contributed by atoms with van der Waals surface area (Å²) >= 11 is 1.63. The van der Waals surface area contributed by atoms with Gasteiger partial charge in [0.2, 0.25) is 17.7 Å². The van der Waals surface area contributed by atoms with Gasteiger partial charge in [0.1, 0.15) is 11.8 Å². The number of anilines is 3. The van der Waals surface area contributed by atoms with E-state index in [4.69, 9.17) is 4.74 Å². The fraction of sp³-hybridized carbons (Fsp3) is 0.559. The van der Waals surface area contributed by atoms with E-state index in [0.717, 1.165) is 30.9 Å². The van der Waals surface area contributed by atoms with Crippen molar-refractivity contribution in [3.8, 4) is 5.75 Å². The van der Waals surface area contributed by atoms with Crippen LogP contribution in [-0.4, -0.2) is 76.1 Å². The summed E-state index contributed by atoms with van der Waals surface area (Å²) in [6.07, 6.45) is 0.734. The summed E-state index contributed by atoms with van der Waals surface area (Å²) < 4.78 is 4.75. The fourth-order valence-corrected chi connectivity index (χ4v) is 10.0. The van der Waals surface area contributed by atoms with Gasteiger partial charge in [-0.1, -0.05) is 20.8 Å². The Labute approximate surface area is 265 Å². The molecule has 7 atom stereocenters. The van der Waals surface area contributed by atoms with Gasteiger partial charge in [-0.2, -0.15) is 0 Å². The minimum absolute atomic E-state index is 0.0262. The van der Waals surface area contributed by atoms with Gasteiger partial charge >= 0.3 is 0 Å². The van der Waals surface area contributed by atoms with Crippen molar-refractivity contribution < 1.29 is 24.2 Å². The first-order valence-corrected chi connectivity index (χ1v) is 16.8. The van der Waals surface area contributed by atoms with Crippen molar-refractivity contribution in [1.29, 1.82) is 0 Å². The zero-order valence-electron chi connectivity index (χ0n) is 26.6. The number of hydrogen-bond acceptors (Lipinski definition) is 7. The van der Waals surface area contributed by atoms with E-state index in [1.54, 1.807) is 28.8 Å². The maximum atomic E-state index is 14.5. The molecule has 44 heavy (non-hydrogen) atoms. The number of carbonyl (C=O) groups excluding carboxylic acids is 3. The highest BCUT2D eigenvalue weighted by molar-refractivity contribution is 8.02. The maximum absolute atomic E-state index is 14.5. The molecule has 2 aromatic rings. The van der Waals surface area contributed by atoms with Gasteiger partial charge in [-0.05, 0) is 87.6 Å². The van der Waals surface area contributed by atoms with E-state index in [2.05, 4.69) is 36.3 Å². The number of amides is 3. The molecule has 3 aliphatic heterocycles. The van der Waals surface area contributed by atoms with E-state index >= 15 is 0 Å². The highest BCUT2D eigenvalue weighted by atomic mass is 32.2. The lowest BCUT2D eigenvalue weighted by Crippen LogP contribution is -2.57. The molecule has 238 valence electrons. The molecule has 3 saturated heterocycles. The molecule has 0 aliphatic carbocycles. The van der Waals surface area contributed by atoms with Crippen molar-refractivity contribution in [2.45, 2.75) is 70.0 Å². The molecular weight excluding hydrogens is 576 g/mol. The van der Waals surface area contributed by atoms with E-state index in [1.165, 1.54) is 0 Å². The van der Waals surface area contributed by atoms with Crippen LogP contribution in [0.4, 0.5) is 17.1 Å². The Balaban J connectivity index is 1.47. The lowest BCUT2D eigenvalue weighted by atomic mass is 9.66. The summed E-state index contributed by atoms with van der Waals surface area (Å²) in [5.41, 5.74) is 2.36. The second-order valence-corrected chi connectivity index (χ2v) is 14.0. The third kappa shape index (κ3) is 5.44. The summed E-state index contributed by atoms with van der Waals surface area (Å²) in [6, 6.07) is 13.6. The van der Waals surface area contributed by atoms with Crippen LogP contribution in [0, 0.1) is 23.7 Å². The minimum Gasteiger partial charge on any atom is -0.494 e. The Bertz CT molecular complexity index is 1350. The Morgan fingerprint density at radius 2 is 1.61 bits per heavy atom. The van der Waals surface area contributed by atoms with Crippen LogP contribution in [0.25, 0.3) is 0 Å². The first kappa shape index (κ1) is 32.2. The minimum atomic E-state index is -0.824. The lowest BCUT2D eigenvalue weighted by Gasteiger charge is -2.40. The summed E-state index contributed by atoms with van der Waals surface area (Å²) in [5.74, 6) is -1.30. The molecule has 0 saturated carbocycles. The number of carbonyl (C=O) groups is 3.